The van der Waals surface area contributed by atoms with E-state index in [2.05, 4.69) is 10.0 Å². The van der Waals surface area contributed by atoms with Crippen molar-refractivity contribution in [2.45, 2.75) is 31.8 Å². The Hall–Kier alpha value is -0.220. The van der Waals surface area contributed by atoms with Crippen molar-refractivity contribution < 1.29 is 4.79 Å². The van der Waals surface area contributed by atoms with Crippen LogP contribution in [0.1, 0.15) is 19.8 Å². The molecule has 4 heteroatoms. The van der Waals surface area contributed by atoms with Gasteiger partial charge in [-0.25, -0.2) is 0 Å². The Kier molecular flexibility index (Phi) is 3.20. The van der Waals surface area contributed by atoms with Gasteiger partial charge >= 0.3 is 0 Å². The minimum atomic E-state index is 0.0811. The zero-order valence-electron chi connectivity index (χ0n) is 6.89. The second-order valence-corrected chi connectivity index (χ2v) is 3.53. The first kappa shape index (κ1) is 8.87. The van der Waals surface area contributed by atoms with Gasteiger partial charge in [0.05, 0.1) is 0 Å². The van der Waals surface area contributed by atoms with Crippen LogP contribution in [0, 0.1) is 0 Å². The lowest BCUT2D eigenvalue weighted by Crippen LogP contribution is -2.50. The Labute approximate surface area is 71.4 Å². The van der Waals surface area contributed by atoms with Crippen molar-refractivity contribution in [1.82, 2.24) is 10.0 Å². The second-order valence-electron chi connectivity index (χ2n) is 2.89. The normalized spacial score (nSPS) is 29.3. The third kappa shape index (κ3) is 2.71. The third-order valence-electron chi connectivity index (χ3n) is 1.83. The predicted octanol–water partition coefficient (Wildman–Crippen LogP) is 0.521. The van der Waals surface area contributed by atoms with Gasteiger partial charge in [0.1, 0.15) is 0 Å². The molecule has 11 heavy (non-hydrogen) atoms. The molecule has 3 nitrogen and oxygen atoms in total. The van der Waals surface area contributed by atoms with E-state index in [1.54, 1.807) is 18.9 Å². The molecule has 1 aliphatic rings. The van der Waals surface area contributed by atoms with Gasteiger partial charge < -0.3 is 5.32 Å². The molecule has 1 aliphatic carbocycles. The van der Waals surface area contributed by atoms with Crippen LogP contribution in [0.15, 0.2) is 0 Å². The Morgan fingerprint density at radius 1 is 1.45 bits per heavy atom. The minimum absolute atomic E-state index is 0.0811. The van der Waals surface area contributed by atoms with E-state index in [-0.39, 0.29) is 5.91 Å². The van der Waals surface area contributed by atoms with Crippen molar-refractivity contribution in [1.29, 1.82) is 0 Å². The van der Waals surface area contributed by atoms with Gasteiger partial charge in [0.2, 0.25) is 5.91 Å². The molecule has 1 rings (SSSR count). The summed E-state index contributed by atoms with van der Waals surface area (Å²) in [5.74, 6) is 0.0811. The molecule has 0 aromatic rings. The van der Waals surface area contributed by atoms with Crippen molar-refractivity contribution in [3.63, 3.8) is 0 Å². The number of rotatable bonds is 3. The van der Waals surface area contributed by atoms with Gasteiger partial charge in [-0.2, -0.15) is 0 Å². The largest absolute Gasteiger partial charge is 0.353 e. The second kappa shape index (κ2) is 3.97. The third-order valence-corrected chi connectivity index (χ3v) is 2.40. The smallest absolute Gasteiger partial charge is 0.217 e. The Morgan fingerprint density at radius 3 is 2.55 bits per heavy atom. The van der Waals surface area contributed by atoms with Crippen LogP contribution in [0.4, 0.5) is 0 Å². The first-order valence-electron chi connectivity index (χ1n) is 3.78. The summed E-state index contributed by atoms with van der Waals surface area (Å²) in [5, 5.41) is 2.88. The van der Waals surface area contributed by atoms with Gasteiger partial charge in [-0.05, 0) is 19.1 Å². The lowest BCUT2D eigenvalue weighted by molar-refractivity contribution is -0.120. The molecular formula is C7H14N2OS. The Morgan fingerprint density at radius 2 is 2.09 bits per heavy atom. The van der Waals surface area contributed by atoms with Crippen molar-refractivity contribution in [3.8, 4) is 0 Å². The van der Waals surface area contributed by atoms with Gasteiger partial charge in [-0.3, -0.25) is 9.52 Å². The quantitative estimate of drug-likeness (QED) is 0.613. The topological polar surface area (TPSA) is 41.1 Å². The molecule has 0 atom stereocenters. The summed E-state index contributed by atoms with van der Waals surface area (Å²) in [6.45, 7) is 1.56. The standard InChI is InChI=1S/C7H14N2OS/c1-5(10)8-6-3-7(4-6)9-11-2/h6-7,9H,3-4H2,1-2H3,(H,8,10). The average molecular weight is 174 g/mol. The van der Waals surface area contributed by atoms with Crippen LogP contribution in [0.5, 0.6) is 0 Å². The first-order valence-corrected chi connectivity index (χ1v) is 5.00. The Bertz CT molecular complexity index is 145. The number of hydrogen-bond acceptors (Lipinski definition) is 3. The predicted molar refractivity (Wildman–Crippen MR) is 47.3 cm³/mol. The number of carbonyl (C=O) groups excluding carboxylic acids is 1. The fourth-order valence-corrected chi connectivity index (χ4v) is 1.81. The SMILES string of the molecule is CSNC1CC(NC(C)=O)C1. The maximum Gasteiger partial charge on any atom is 0.217 e. The molecule has 0 aliphatic heterocycles. The van der Waals surface area contributed by atoms with Crippen LogP contribution in [-0.4, -0.2) is 24.2 Å². The van der Waals surface area contributed by atoms with Crippen molar-refractivity contribution in [2.24, 2.45) is 0 Å². The molecule has 0 aromatic heterocycles. The summed E-state index contributed by atoms with van der Waals surface area (Å²) in [4.78, 5) is 10.6. The zero-order valence-corrected chi connectivity index (χ0v) is 7.70. The van der Waals surface area contributed by atoms with E-state index in [1.165, 1.54) is 0 Å². The summed E-state index contributed by atoms with van der Waals surface area (Å²) in [7, 11) is 0. The zero-order chi connectivity index (χ0) is 8.27. The van der Waals surface area contributed by atoms with Crippen LogP contribution in [0.2, 0.25) is 0 Å². The fourth-order valence-electron chi connectivity index (χ4n) is 1.29. The van der Waals surface area contributed by atoms with Crippen LogP contribution >= 0.6 is 11.9 Å². The van der Waals surface area contributed by atoms with E-state index in [9.17, 15) is 4.79 Å². The lowest BCUT2D eigenvalue weighted by atomic mass is 9.88. The minimum Gasteiger partial charge on any atom is -0.353 e. The molecule has 1 amide bonds. The average Bonchev–Trinajstić information content (AvgIpc) is 1.82. The van der Waals surface area contributed by atoms with Gasteiger partial charge in [0, 0.05) is 19.0 Å². The van der Waals surface area contributed by atoms with Gasteiger partial charge in [-0.1, -0.05) is 11.9 Å². The molecule has 1 fully saturated rings. The van der Waals surface area contributed by atoms with Crippen LogP contribution in [-0.2, 0) is 4.79 Å². The van der Waals surface area contributed by atoms with Crippen molar-refractivity contribution in [2.75, 3.05) is 6.26 Å². The highest BCUT2D eigenvalue weighted by Gasteiger charge is 2.28. The van der Waals surface area contributed by atoms with E-state index in [0.717, 1.165) is 12.8 Å². The molecule has 0 heterocycles. The van der Waals surface area contributed by atoms with Gasteiger partial charge in [0.15, 0.2) is 0 Å². The number of carbonyl (C=O) groups is 1. The summed E-state index contributed by atoms with van der Waals surface area (Å²) in [6.07, 6.45) is 4.16. The van der Waals surface area contributed by atoms with E-state index >= 15 is 0 Å². The monoisotopic (exact) mass is 174 g/mol. The molecule has 0 bridgehead atoms. The van der Waals surface area contributed by atoms with Gasteiger partial charge in [0.25, 0.3) is 0 Å². The van der Waals surface area contributed by atoms with Crippen molar-refractivity contribution >= 4 is 17.9 Å². The Balaban J connectivity index is 2.04. The highest BCUT2D eigenvalue weighted by atomic mass is 32.2. The summed E-state index contributed by atoms with van der Waals surface area (Å²) in [5.41, 5.74) is 0. The fraction of sp³-hybridized carbons (Fsp3) is 0.857. The number of hydrogen-bond donors (Lipinski definition) is 2. The van der Waals surface area contributed by atoms with E-state index < -0.39 is 0 Å². The van der Waals surface area contributed by atoms with E-state index in [4.69, 9.17) is 0 Å². The van der Waals surface area contributed by atoms with E-state index in [0.29, 0.717) is 12.1 Å². The maximum absolute atomic E-state index is 10.6. The maximum atomic E-state index is 10.6. The van der Waals surface area contributed by atoms with Crippen LogP contribution in [0.25, 0.3) is 0 Å². The molecule has 0 unspecified atom stereocenters. The number of amides is 1. The molecule has 0 radical (unpaired) electrons. The van der Waals surface area contributed by atoms with Gasteiger partial charge in [-0.15, -0.1) is 0 Å². The highest BCUT2D eigenvalue weighted by molar-refractivity contribution is 7.96. The molecule has 0 saturated heterocycles. The molecule has 64 valence electrons. The first-order chi connectivity index (χ1) is 5.22. The van der Waals surface area contributed by atoms with Crippen LogP contribution in [0.3, 0.4) is 0 Å². The molecule has 0 aromatic carbocycles. The summed E-state index contributed by atoms with van der Waals surface area (Å²) < 4.78 is 3.25. The van der Waals surface area contributed by atoms with Crippen molar-refractivity contribution in [3.05, 3.63) is 0 Å². The molecule has 1 saturated carbocycles. The van der Waals surface area contributed by atoms with Crippen LogP contribution < -0.4 is 10.0 Å². The molecule has 0 spiro atoms. The highest BCUT2D eigenvalue weighted by Crippen LogP contribution is 2.20. The number of nitrogens with one attached hydrogen (secondary N) is 2. The summed E-state index contributed by atoms with van der Waals surface area (Å²) in [6, 6.07) is 1.01. The molecule has 2 N–H and O–H groups in total. The van der Waals surface area contributed by atoms with E-state index in [1.807, 2.05) is 6.26 Å². The lowest BCUT2D eigenvalue weighted by Gasteiger charge is -2.35. The summed E-state index contributed by atoms with van der Waals surface area (Å²) >= 11 is 1.64. The molecular weight excluding hydrogens is 160 g/mol.